The van der Waals surface area contributed by atoms with Gasteiger partial charge >= 0.3 is 5.97 Å². The average Bonchev–Trinajstić information content (AvgIpc) is 2.02. The highest BCUT2D eigenvalue weighted by molar-refractivity contribution is 9.10. The van der Waals surface area contributed by atoms with E-state index >= 15 is 0 Å². The van der Waals surface area contributed by atoms with Gasteiger partial charge in [-0.25, -0.2) is 9.18 Å². The largest absolute Gasteiger partial charge is 0.478 e. The van der Waals surface area contributed by atoms with E-state index in [-0.39, 0.29) is 5.56 Å². The Bertz CT molecular complexity index is 352. The Morgan fingerprint density at radius 3 is 2.62 bits per heavy atom. The first-order chi connectivity index (χ1) is 6.06. The zero-order valence-electron chi connectivity index (χ0n) is 6.35. The number of benzene rings is 1. The van der Waals surface area contributed by atoms with E-state index in [2.05, 4.69) is 31.9 Å². The zero-order chi connectivity index (χ0) is 10.0. The molecule has 0 aliphatic carbocycles. The van der Waals surface area contributed by atoms with Crippen molar-refractivity contribution < 1.29 is 14.3 Å². The van der Waals surface area contributed by atoms with Crippen molar-refractivity contribution in [3.63, 3.8) is 0 Å². The summed E-state index contributed by atoms with van der Waals surface area (Å²) < 4.78 is 13.3. The van der Waals surface area contributed by atoms with Crippen molar-refractivity contribution >= 4 is 37.8 Å². The summed E-state index contributed by atoms with van der Waals surface area (Å²) in [7, 11) is 0. The van der Waals surface area contributed by atoms with Gasteiger partial charge < -0.3 is 5.11 Å². The van der Waals surface area contributed by atoms with Crippen LogP contribution in [0.1, 0.15) is 15.9 Å². The number of hydrogen-bond donors (Lipinski definition) is 1. The molecule has 0 heterocycles. The highest BCUT2D eigenvalue weighted by Gasteiger charge is 2.13. The SMILES string of the molecule is O=C(O)c1cc(F)cc(Br)c1CBr. The molecule has 1 aromatic carbocycles. The molecule has 0 aliphatic heterocycles. The van der Waals surface area contributed by atoms with Crippen LogP contribution in [0.25, 0.3) is 0 Å². The fourth-order valence-corrected chi connectivity index (χ4v) is 2.48. The van der Waals surface area contributed by atoms with Crippen LogP contribution in [0.3, 0.4) is 0 Å². The molecule has 0 radical (unpaired) electrons. The third-order valence-corrected chi connectivity index (χ3v) is 2.79. The van der Waals surface area contributed by atoms with Gasteiger partial charge in [-0.05, 0) is 17.7 Å². The van der Waals surface area contributed by atoms with Gasteiger partial charge in [0.15, 0.2) is 0 Å². The summed E-state index contributed by atoms with van der Waals surface area (Å²) in [6, 6.07) is 2.24. The molecule has 70 valence electrons. The lowest BCUT2D eigenvalue weighted by atomic mass is 10.1. The van der Waals surface area contributed by atoms with Crippen LogP contribution in [0.2, 0.25) is 0 Å². The summed E-state index contributed by atoms with van der Waals surface area (Å²) >= 11 is 6.23. The minimum Gasteiger partial charge on any atom is -0.478 e. The maximum absolute atomic E-state index is 12.8. The third kappa shape index (κ3) is 2.28. The van der Waals surface area contributed by atoms with Crippen molar-refractivity contribution in [1.29, 1.82) is 0 Å². The second-order valence-corrected chi connectivity index (χ2v) is 3.77. The summed E-state index contributed by atoms with van der Waals surface area (Å²) in [6.45, 7) is 0. The number of aromatic carboxylic acids is 1. The molecule has 0 fully saturated rings. The van der Waals surface area contributed by atoms with E-state index in [1.54, 1.807) is 0 Å². The Hall–Kier alpha value is -0.420. The standard InChI is InChI=1S/C8H5Br2FO2/c9-3-6-5(8(12)13)1-4(11)2-7(6)10/h1-2H,3H2,(H,12,13). The first-order valence-corrected chi connectivity index (χ1v) is 5.25. The normalized spacial score (nSPS) is 10.1. The van der Waals surface area contributed by atoms with Crippen LogP contribution in [0.5, 0.6) is 0 Å². The van der Waals surface area contributed by atoms with Gasteiger partial charge in [-0.1, -0.05) is 31.9 Å². The number of halogens is 3. The molecule has 0 aliphatic rings. The lowest BCUT2D eigenvalue weighted by Crippen LogP contribution is -2.02. The predicted octanol–water partition coefficient (Wildman–Crippen LogP) is 3.18. The van der Waals surface area contributed by atoms with E-state index in [4.69, 9.17) is 5.11 Å². The van der Waals surface area contributed by atoms with Crippen molar-refractivity contribution in [1.82, 2.24) is 0 Å². The molecule has 0 atom stereocenters. The van der Waals surface area contributed by atoms with Crippen LogP contribution in [0.4, 0.5) is 4.39 Å². The van der Waals surface area contributed by atoms with Gasteiger partial charge in [0.2, 0.25) is 0 Å². The van der Waals surface area contributed by atoms with Crippen molar-refractivity contribution in [3.05, 3.63) is 33.5 Å². The predicted molar refractivity (Wildman–Crippen MR) is 53.7 cm³/mol. The molecule has 1 N–H and O–H groups in total. The third-order valence-electron chi connectivity index (χ3n) is 1.52. The highest BCUT2D eigenvalue weighted by Crippen LogP contribution is 2.24. The van der Waals surface area contributed by atoms with Crippen LogP contribution < -0.4 is 0 Å². The van der Waals surface area contributed by atoms with Gasteiger partial charge in [0, 0.05) is 9.80 Å². The van der Waals surface area contributed by atoms with Crippen molar-refractivity contribution in [2.45, 2.75) is 5.33 Å². The summed E-state index contributed by atoms with van der Waals surface area (Å²) in [5.74, 6) is -1.69. The molecule has 5 heteroatoms. The lowest BCUT2D eigenvalue weighted by Gasteiger charge is -2.05. The number of hydrogen-bond acceptors (Lipinski definition) is 1. The van der Waals surface area contributed by atoms with Crippen molar-refractivity contribution in [2.75, 3.05) is 0 Å². The highest BCUT2D eigenvalue weighted by atomic mass is 79.9. The molecule has 0 aromatic heterocycles. The van der Waals surface area contributed by atoms with Crippen molar-refractivity contribution in [3.8, 4) is 0 Å². The molecular weight excluding hydrogens is 307 g/mol. The van der Waals surface area contributed by atoms with Crippen LogP contribution in [0, 0.1) is 5.82 Å². The molecule has 0 saturated carbocycles. The Morgan fingerprint density at radius 1 is 1.54 bits per heavy atom. The Morgan fingerprint density at radius 2 is 2.15 bits per heavy atom. The van der Waals surface area contributed by atoms with Gasteiger partial charge in [-0.2, -0.15) is 0 Å². The molecule has 0 bridgehead atoms. The van der Waals surface area contributed by atoms with Gasteiger partial charge in [0.25, 0.3) is 0 Å². The molecule has 0 saturated heterocycles. The zero-order valence-corrected chi connectivity index (χ0v) is 9.52. The van der Waals surface area contributed by atoms with Gasteiger partial charge in [-0.15, -0.1) is 0 Å². The first-order valence-electron chi connectivity index (χ1n) is 3.33. The maximum Gasteiger partial charge on any atom is 0.336 e. The average molecular weight is 312 g/mol. The summed E-state index contributed by atoms with van der Waals surface area (Å²) in [4.78, 5) is 10.7. The number of alkyl halides is 1. The molecule has 1 aromatic rings. The minimum atomic E-state index is -1.13. The molecule has 0 unspecified atom stereocenters. The molecular formula is C8H5Br2FO2. The molecule has 0 spiro atoms. The second-order valence-electron chi connectivity index (χ2n) is 2.35. The summed E-state index contributed by atoms with van der Waals surface area (Å²) in [6.07, 6.45) is 0. The van der Waals surface area contributed by atoms with E-state index in [1.165, 1.54) is 6.07 Å². The molecule has 1 rings (SSSR count). The fraction of sp³-hybridized carbons (Fsp3) is 0.125. The maximum atomic E-state index is 12.8. The van der Waals surface area contributed by atoms with Gasteiger partial charge in [0.1, 0.15) is 5.82 Å². The monoisotopic (exact) mass is 310 g/mol. The molecule has 0 amide bonds. The minimum absolute atomic E-state index is 0.0243. The smallest absolute Gasteiger partial charge is 0.336 e. The van der Waals surface area contributed by atoms with Crippen LogP contribution in [0.15, 0.2) is 16.6 Å². The first kappa shape index (κ1) is 10.7. The topological polar surface area (TPSA) is 37.3 Å². The van der Waals surface area contributed by atoms with E-state index in [0.717, 1.165) is 6.07 Å². The molecule has 2 nitrogen and oxygen atoms in total. The second kappa shape index (κ2) is 4.19. The summed E-state index contributed by atoms with van der Waals surface area (Å²) in [5.41, 5.74) is 0.512. The Labute approximate surface area is 91.0 Å². The van der Waals surface area contributed by atoms with E-state index in [9.17, 15) is 9.18 Å². The number of carboxylic acid groups (broad SMARTS) is 1. The number of carboxylic acids is 1. The fourth-order valence-electron chi connectivity index (χ4n) is 0.930. The van der Waals surface area contributed by atoms with E-state index < -0.39 is 11.8 Å². The summed E-state index contributed by atoms with van der Waals surface area (Å²) in [5, 5.41) is 9.11. The Balaban J connectivity index is 3.38. The number of carbonyl (C=O) groups is 1. The van der Waals surface area contributed by atoms with E-state index in [1.807, 2.05) is 0 Å². The van der Waals surface area contributed by atoms with Crippen molar-refractivity contribution in [2.24, 2.45) is 0 Å². The lowest BCUT2D eigenvalue weighted by molar-refractivity contribution is 0.0695. The van der Waals surface area contributed by atoms with E-state index in [0.29, 0.717) is 15.4 Å². The number of rotatable bonds is 2. The quantitative estimate of drug-likeness (QED) is 0.852. The molecule has 13 heavy (non-hydrogen) atoms. The van der Waals surface area contributed by atoms with Crippen LogP contribution in [-0.2, 0) is 5.33 Å². The van der Waals surface area contributed by atoms with Crippen LogP contribution in [-0.4, -0.2) is 11.1 Å². The van der Waals surface area contributed by atoms with Gasteiger partial charge in [-0.3, -0.25) is 0 Å². The van der Waals surface area contributed by atoms with Crippen LogP contribution >= 0.6 is 31.9 Å². The Kier molecular flexibility index (Phi) is 3.44. The van der Waals surface area contributed by atoms with Gasteiger partial charge in [0.05, 0.1) is 5.56 Å².